The average Bonchev–Trinajstić information content (AvgIpc) is 3.00. The minimum absolute atomic E-state index is 0. The molecule has 0 saturated carbocycles. The van der Waals surface area contributed by atoms with Crippen LogP contribution in [0.3, 0.4) is 0 Å². The van der Waals surface area contributed by atoms with Gasteiger partial charge < -0.3 is 5.32 Å². The summed E-state index contributed by atoms with van der Waals surface area (Å²) in [7, 11) is 0. The summed E-state index contributed by atoms with van der Waals surface area (Å²) in [6, 6.07) is 7.36. The molecule has 1 aromatic heterocycles. The molecule has 7 heteroatoms. The molecular formula is C21H26Cl2N2O2S. The van der Waals surface area contributed by atoms with E-state index in [0.717, 1.165) is 47.6 Å². The van der Waals surface area contributed by atoms with Crippen LogP contribution in [0.5, 0.6) is 0 Å². The van der Waals surface area contributed by atoms with Crippen LogP contribution in [0.25, 0.3) is 0 Å². The van der Waals surface area contributed by atoms with E-state index >= 15 is 0 Å². The lowest BCUT2D eigenvalue weighted by atomic mass is 9.98. The first kappa shape index (κ1) is 22.9. The molecule has 3 rings (SSSR count). The van der Waals surface area contributed by atoms with Gasteiger partial charge in [0, 0.05) is 47.3 Å². The van der Waals surface area contributed by atoms with Crippen molar-refractivity contribution < 1.29 is 9.59 Å². The lowest BCUT2D eigenvalue weighted by Crippen LogP contribution is -2.31. The van der Waals surface area contributed by atoms with Crippen molar-refractivity contribution >= 4 is 47.0 Å². The molecule has 0 radical (unpaired) electrons. The Balaban J connectivity index is 0.00000280. The van der Waals surface area contributed by atoms with Crippen molar-refractivity contribution in [2.45, 2.75) is 39.7 Å². The fourth-order valence-corrected chi connectivity index (χ4v) is 5.04. The fourth-order valence-electron chi connectivity index (χ4n) is 3.49. The lowest BCUT2D eigenvalue weighted by molar-refractivity contribution is -0.117. The van der Waals surface area contributed by atoms with Gasteiger partial charge in [-0.15, -0.1) is 23.7 Å². The highest BCUT2D eigenvalue weighted by Crippen LogP contribution is 2.34. The fraction of sp³-hybridized carbons (Fsp3) is 0.429. The van der Waals surface area contributed by atoms with Crippen molar-refractivity contribution in [1.29, 1.82) is 0 Å². The number of hydrogen-bond acceptors (Lipinski definition) is 4. The second-order valence-electron chi connectivity index (χ2n) is 6.80. The number of halogens is 2. The molecule has 28 heavy (non-hydrogen) atoms. The molecule has 2 heterocycles. The van der Waals surface area contributed by atoms with E-state index in [2.05, 4.69) is 17.1 Å². The van der Waals surface area contributed by atoms with Gasteiger partial charge in [-0.2, -0.15) is 0 Å². The molecule has 4 nitrogen and oxygen atoms in total. The minimum atomic E-state index is -0.0470. The molecular weight excluding hydrogens is 415 g/mol. The Morgan fingerprint density at radius 1 is 1.18 bits per heavy atom. The van der Waals surface area contributed by atoms with E-state index in [0.29, 0.717) is 24.4 Å². The lowest BCUT2D eigenvalue weighted by Gasteiger charge is -2.25. The van der Waals surface area contributed by atoms with Crippen LogP contribution in [0.4, 0.5) is 0 Å². The topological polar surface area (TPSA) is 49.4 Å². The molecule has 0 fully saturated rings. The van der Waals surface area contributed by atoms with Gasteiger partial charge >= 0.3 is 0 Å². The highest BCUT2D eigenvalue weighted by atomic mass is 35.5. The van der Waals surface area contributed by atoms with Gasteiger partial charge in [-0.3, -0.25) is 14.5 Å². The van der Waals surface area contributed by atoms with E-state index in [1.54, 1.807) is 23.5 Å². The van der Waals surface area contributed by atoms with Gasteiger partial charge in [0.05, 0.1) is 5.56 Å². The molecule has 1 N–H and O–H groups in total. The Labute approximate surface area is 181 Å². The number of Topliss-reactive ketones (excluding diaryl/α,β-unsaturated/α-hetero) is 1. The van der Waals surface area contributed by atoms with Gasteiger partial charge in [-0.1, -0.05) is 30.7 Å². The standard InChI is InChI=1S/C21H25ClN2O2S.ClH/c1-3-23-21(26)20-17-9-10-24(4-2)13-19(17)27-18(20)12-16(25)11-14-5-7-15(22)8-6-14;/h5-8H,3-4,9-13H2,1-2H3,(H,23,26);1H. The van der Waals surface area contributed by atoms with Crippen LogP contribution < -0.4 is 5.32 Å². The third-order valence-corrected chi connectivity index (χ3v) is 6.36. The SMILES string of the molecule is CCNC(=O)c1c(CC(=O)Cc2ccc(Cl)cc2)sc2c1CCN(CC)C2.Cl. The van der Waals surface area contributed by atoms with Crippen molar-refractivity contribution in [1.82, 2.24) is 10.2 Å². The number of carbonyl (C=O) groups is 2. The van der Waals surface area contributed by atoms with Crippen molar-refractivity contribution in [3.8, 4) is 0 Å². The zero-order chi connectivity index (χ0) is 19.4. The number of amides is 1. The highest BCUT2D eigenvalue weighted by molar-refractivity contribution is 7.12. The predicted octanol–water partition coefficient (Wildman–Crippen LogP) is 4.31. The molecule has 1 aliphatic heterocycles. The van der Waals surface area contributed by atoms with Crippen LogP contribution in [0.2, 0.25) is 5.02 Å². The summed E-state index contributed by atoms with van der Waals surface area (Å²) in [5.74, 6) is 0.0723. The summed E-state index contributed by atoms with van der Waals surface area (Å²) < 4.78 is 0. The van der Waals surface area contributed by atoms with E-state index in [9.17, 15) is 9.59 Å². The zero-order valence-electron chi connectivity index (χ0n) is 16.2. The first-order valence-corrected chi connectivity index (χ1v) is 10.6. The van der Waals surface area contributed by atoms with Crippen LogP contribution >= 0.6 is 35.3 Å². The van der Waals surface area contributed by atoms with Gasteiger partial charge in [-0.25, -0.2) is 0 Å². The van der Waals surface area contributed by atoms with Crippen LogP contribution in [0, 0.1) is 0 Å². The Morgan fingerprint density at radius 3 is 2.54 bits per heavy atom. The molecule has 1 aromatic carbocycles. The van der Waals surface area contributed by atoms with Crippen molar-refractivity contribution in [3.63, 3.8) is 0 Å². The maximum Gasteiger partial charge on any atom is 0.252 e. The summed E-state index contributed by atoms with van der Waals surface area (Å²) in [5, 5.41) is 3.58. The van der Waals surface area contributed by atoms with Crippen LogP contribution in [0.15, 0.2) is 24.3 Å². The highest BCUT2D eigenvalue weighted by Gasteiger charge is 2.28. The second-order valence-corrected chi connectivity index (χ2v) is 8.43. The number of fused-ring (bicyclic) bond motifs is 1. The third kappa shape index (κ3) is 5.35. The van der Waals surface area contributed by atoms with E-state index in [1.807, 2.05) is 19.1 Å². The quantitative estimate of drug-likeness (QED) is 0.697. The van der Waals surface area contributed by atoms with E-state index in [1.165, 1.54) is 4.88 Å². The minimum Gasteiger partial charge on any atom is -0.352 e. The summed E-state index contributed by atoms with van der Waals surface area (Å²) in [6.07, 6.45) is 1.53. The number of thiophene rings is 1. The number of likely N-dealkylation sites (N-methyl/N-ethyl adjacent to an activating group) is 1. The summed E-state index contributed by atoms with van der Waals surface area (Å²) in [4.78, 5) is 29.9. The second kappa shape index (κ2) is 10.4. The molecule has 2 aromatic rings. The van der Waals surface area contributed by atoms with Gasteiger partial charge in [0.2, 0.25) is 0 Å². The molecule has 0 saturated heterocycles. The van der Waals surface area contributed by atoms with Crippen molar-refractivity contribution in [3.05, 3.63) is 55.7 Å². The summed E-state index contributed by atoms with van der Waals surface area (Å²) in [5.41, 5.74) is 2.84. The number of rotatable bonds is 7. The third-order valence-electron chi connectivity index (χ3n) is 4.89. The van der Waals surface area contributed by atoms with Crippen LogP contribution in [0.1, 0.15) is 45.1 Å². The molecule has 0 spiro atoms. The molecule has 1 amide bonds. The van der Waals surface area contributed by atoms with Gasteiger partial charge in [0.15, 0.2) is 0 Å². The van der Waals surface area contributed by atoms with Gasteiger partial charge in [-0.05, 0) is 43.1 Å². The number of carbonyl (C=O) groups excluding carboxylic acids is 2. The normalized spacial score (nSPS) is 13.5. The first-order chi connectivity index (χ1) is 13.0. The average molecular weight is 441 g/mol. The van der Waals surface area contributed by atoms with Crippen LogP contribution in [-0.4, -0.2) is 36.2 Å². The molecule has 0 bridgehead atoms. The Kier molecular flexibility index (Phi) is 8.50. The van der Waals surface area contributed by atoms with Gasteiger partial charge in [0.1, 0.15) is 5.78 Å². The smallest absolute Gasteiger partial charge is 0.252 e. The van der Waals surface area contributed by atoms with Crippen LogP contribution in [-0.2, 0) is 30.6 Å². The first-order valence-electron chi connectivity index (χ1n) is 9.41. The maximum absolute atomic E-state index is 12.7. The maximum atomic E-state index is 12.7. The summed E-state index contributed by atoms with van der Waals surface area (Å²) in [6.45, 7) is 7.49. The Morgan fingerprint density at radius 2 is 1.89 bits per heavy atom. The molecule has 0 aliphatic carbocycles. The number of ketones is 1. The Bertz CT molecular complexity index is 834. The monoisotopic (exact) mass is 440 g/mol. The van der Waals surface area contributed by atoms with Gasteiger partial charge in [0.25, 0.3) is 5.91 Å². The molecule has 1 aliphatic rings. The van der Waals surface area contributed by atoms with E-state index in [-0.39, 0.29) is 24.1 Å². The largest absolute Gasteiger partial charge is 0.352 e. The van der Waals surface area contributed by atoms with E-state index < -0.39 is 0 Å². The summed E-state index contributed by atoms with van der Waals surface area (Å²) >= 11 is 7.55. The van der Waals surface area contributed by atoms with E-state index in [4.69, 9.17) is 11.6 Å². The number of nitrogens with zero attached hydrogens (tertiary/aromatic N) is 1. The molecule has 152 valence electrons. The molecule has 0 atom stereocenters. The molecule has 0 unspecified atom stereocenters. The zero-order valence-corrected chi connectivity index (χ0v) is 18.6. The predicted molar refractivity (Wildman–Crippen MR) is 118 cm³/mol. The Hall–Kier alpha value is -1.40. The number of benzene rings is 1. The number of nitrogens with one attached hydrogen (secondary N) is 1. The van der Waals surface area contributed by atoms with Crippen molar-refractivity contribution in [2.24, 2.45) is 0 Å². The van der Waals surface area contributed by atoms with Crippen molar-refractivity contribution in [2.75, 3.05) is 19.6 Å². The number of hydrogen-bond donors (Lipinski definition) is 1.